The van der Waals surface area contributed by atoms with Crippen molar-refractivity contribution in [3.05, 3.63) is 231 Å². The molecule has 0 atom stereocenters. The van der Waals surface area contributed by atoms with Crippen LogP contribution in [0, 0.1) is 0 Å². The fourth-order valence-corrected chi connectivity index (χ4v) is 9.44. The van der Waals surface area contributed by atoms with Gasteiger partial charge in [0.2, 0.25) is 0 Å². The second-order valence-corrected chi connectivity index (χ2v) is 15.7. The molecule has 2 heterocycles. The predicted octanol–water partition coefficient (Wildman–Crippen LogP) is 16.3. The number of benzene rings is 10. The molecule has 0 fully saturated rings. The second kappa shape index (κ2) is 14.3. The van der Waals surface area contributed by atoms with Crippen LogP contribution in [0.25, 0.3) is 93.6 Å². The summed E-state index contributed by atoms with van der Waals surface area (Å²) in [5.74, 6) is 0. The lowest BCUT2D eigenvalue weighted by molar-refractivity contribution is 0.669. The minimum atomic E-state index is 0.889. The minimum Gasteiger partial charge on any atom is -0.456 e. The van der Waals surface area contributed by atoms with Gasteiger partial charge in [-0.15, -0.1) is 0 Å². The number of nitrogens with zero attached hydrogens (tertiary/aromatic N) is 2. The zero-order valence-electron chi connectivity index (χ0n) is 33.2. The van der Waals surface area contributed by atoms with Crippen LogP contribution in [0.1, 0.15) is 0 Å². The Labute approximate surface area is 353 Å². The van der Waals surface area contributed by atoms with Crippen LogP contribution in [0.5, 0.6) is 0 Å². The van der Waals surface area contributed by atoms with Gasteiger partial charge in [0.25, 0.3) is 0 Å². The van der Waals surface area contributed by atoms with E-state index in [1.807, 2.05) is 6.07 Å². The molecule has 0 bridgehead atoms. The molecule has 12 aromatic rings. The molecule has 0 saturated heterocycles. The van der Waals surface area contributed by atoms with Crippen molar-refractivity contribution in [2.24, 2.45) is 0 Å². The SMILES string of the molecule is c1ccc(-c2ccc(N(c3ccccc3-c3ccccc3)c3cc4ccccc4c4c3c3cc(-c5cccc6oc7ccccc7c56)ccc3n4-c3ccccc3)cc2)cc1. The van der Waals surface area contributed by atoms with Gasteiger partial charge < -0.3 is 13.9 Å². The average Bonchev–Trinajstić information content (AvgIpc) is 3.89. The monoisotopic (exact) mass is 778 g/mol. The van der Waals surface area contributed by atoms with Gasteiger partial charge in [-0.1, -0.05) is 170 Å². The van der Waals surface area contributed by atoms with Gasteiger partial charge in [-0.25, -0.2) is 0 Å². The zero-order valence-corrected chi connectivity index (χ0v) is 33.2. The molecule has 0 amide bonds. The van der Waals surface area contributed by atoms with Crippen LogP contribution in [0.4, 0.5) is 17.1 Å². The molecule has 61 heavy (non-hydrogen) atoms. The molecule has 10 aromatic carbocycles. The number of furan rings is 1. The highest BCUT2D eigenvalue weighted by Gasteiger charge is 2.26. The molecular formula is C58H38N2O. The Morgan fingerprint density at radius 1 is 0.361 bits per heavy atom. The first-order chi connectivity index (χ1) is 30.3. The van der Waals surface area contributed by atoms with Gasteiger partial charge in [-0.3, -0.25) is 0 Å². The van der Waals surface area contributed by atoms with Crippen LogP contribution in [0.3, 0.4) is 0 Å². The lowest BCUT2D eigenvalue weighted by Crippen LogP contribution is -2.12. The van der Waals surface area contributed by atoms with E-state index in [0.717, 1.165) is 72.5 Å². The van der Waals surface area contributed by atoms with Gasteiger partial charge >= 0.3 is 0 Å². The number of rotatable bonds is 7. The highest BCUT2D eigenvalue weighted by molar-refractivity contribution is 6.26. The summed E-state index contributed by atoms with van der Waals surface area (Å²) in [6.07, 6.45) is 0. The molecule has 3 heteroatoms. The van der Waals surface area contributed by atoms with Crippen molar-refractivity contribution >= 4 is 71.6 Å². The Hall–Kier alpha value is -8.14. The van der Waals surface area contributed by atoms with E-state index in [1.54, 1.807) is 0 Å². The molecule has 0 aliphatic heterocycles. The standard InChI is InChI=1S/C58H38N2O/c1-4-17-39(18-5-1)40-31-34-45(35-32-40)59(51-28-14-12-24-46(51)41-19-6-2-7-20-41)53-38-42-21-10-11-25-48(42)58-57(53)50-37-43(33-36-52(50)60(58)44-22-8-3-9-23-44)47-27-16-30-55-56(47)49-26-13-15-29-54(49)61-55/h1-38H. The van der Waals surface area contributed by atoms with Crippen LogP contribution in [0.15, 0.2) is 235 Å². The van der Waals surface area contributed by atoms with E-state index in [9.17, 15) is 0 Å². The molecule has 12 rings (SSSR count). The number of hydrogen-bond donors (Lipinski definition) is 0. The van der Waals surface area contributed by atoms with Gasteiger partial charge in [0.1, 0.15) is 11.2 Å². The molecule has 0 unspecified atom stereocenters. The molecule has 3 nitrogen and oxygen atoms in total. The average molecular weight is 779 g/mol. The molecule has 0 N–H and O–H groups in total. The summed E-state index contributed by atoms with van der Waals surface area (Å²) in [4.78, 5) is 2.48. The van der Waals surface area contributed by atoms with Gasteiger partial charge in [0.15, 0.2) is 0 Å². The van der Waals surface area contributed by atoms with Crippen LogP contribution < -0.4 is 4.90 Å². The van der Waals surface area contributed by atoms with Crippen LogP contribution in [0.2, 0.25) is 0 Å². The maximum absolute atomic E-state index is 6.40. The molecule has 0 aliphatic carbocycles. The molecule has 0 radical (unpaired) electrons. The van der Waals surface area contributed by atoms with E-state index in [2.05, 4.69) is 234 Å². The summed E-state index contributed by atoms with van der Waals surface area (Å²) in [6.45, 7) is 0. The van der Waals surface area contributed by atoms with Crippen LogP contribution in [-0.2, 0) is 0 Å². The summed E-state index contributed by atoms with van der Waals surface area (Å²) in [5, 5.41) is 6.97. The maximum Gasteiger partial charge on any atom is 0.136 e. The van der Waals surface area contributed by atoms with Gasteiger partial charge in [-0.05, 0) is 93.9 Å². The Morgan fingerprint density at radius 2 is 0.967 bits per heavy atom. The van der Waals surface area contributed by atoms with E-state index in [1.165, 1.54) is 38.2 Å². The first-order valence-electron chi connectivity index (χ1n) is 20.8. The summed E-state index contributed by atoms with van der Waals surface area (Å²) in [5.41, 5.74) is 15.5. The summed E-state index contributed by atoms with van der Waals surface area (Å²) >= 11 is 0. The summed E-state index contributed by atoms with van der Waals surface area (Å²) < 4.78 is 8.87. The van der Waals surface area contributed by atoms with Crippen molar-refractivity contribution in [1.82, 2.24) is 4.57 Å². The number of fused-ring (bicyclic) bond motifs is 8. The maximum atomic E-state index is 6.40. The van der Waals surface area contributed by atoms with Crippen molar-refractivity contribution < 1.29 is 4.42 Å². The van der Waals surface area contributed by atoms with E-state index in [-0.39, 0.29) is 0 Å². The molecule has 0 aliphatic rings. The van der Waals surface area contributed by atoms with E-state index >= 15 is 0 Å². The summed E-state index contributed by atoms with van der Waals surface area (Å²) in [7, 11) is 0. The second-order valence-electron chi connectivity index (χ2n) is 15.7. The molecular weight excluding hydrogens is 741 g/mol. The van der Waals surface area contributed by atoms with E-state index < -0.39 is 0 Å². The van der Waals surface area contributed by atoms with Crippen LogP contribution >= 0.6 is 0 Å². The quantitative estimate of drug-likeness (QED) is 0.161. The Morgan fingerprint density at radius 3 is 1.77 bits per heavy atom. The Kier molecular flexibility index (Phi) is 8.17. The van der Waals surface area contributed by atoms with Crippen molar-refractivity contribution in [2.45, 2.75) is 0 Å². The fourth-order valence-electron chi connectivity index (χ4n) is 9.44. The van der Waals surface area contributed by atoms with Crippen LogP contribution in [-0.4, -0.2) is 4.57 Å². The largest absolute Gasteiger partial charge is 0.456 e. The number of para-hydroxylation sites is 3. The van der Waals surface area contributed by atoms with Crippen molar-refractivity contribution in [1.29, 1.82) is 0 Å². The first-order valence-corrected chi connectivity index (χ1v) is 20.8. The number of aromatic nitrogens is 1. The number of anilines is 3. The highest BCUT2D eigenvalue weighted by Crippen LogP contribution is 2.50. The van der Waals surface area contributed by atoms with Crippen molar-refractivity contribution in [2.75, 3.05) is 4.90 Å². The van der Waals surface area contributed by atoms with E-state index in [4.69, 9.17) is 4.42 Å². The zero-order chi connectivity index (χ0) is 40.3. The van der Waals surface area contributed by atoms with E-state index in [0.29, 0.717) is 0 Å². The van der Waals surface area contributed by atoms with Crippen molar-refractivity contribution in [3.8, 4) is 39.1 Å². The normalized spacial score (nSPS) is 11.6. The van der Waals surface area contributed by atoms with Crippen molar-refractivity contribution in [3.63, 3.8) is 0 Å². The molecule has 286 valence electrons. The minimum absolute atomic E-state index is 0.889. The van der Waals surface area contributed by atoms with Gasteiger partial charge in [0, 0.05) is 43.9 Å². The third-order valence-electron chi connectivity index (χ3n) is 12.2. The van der Waals surface area contributed by atoms with Gasteiger partial charge in [0.05, 0.1) is 22.4 Å². The van der Waals surface area contributed by atoms with Gasteiger partial charge in [-0.2, -0.15) is 0 Å². The lowest BCUT2D eigenvalue weighted by Gasteiger charge is -2.29. The first kappa shape index (κ1) is 34.9. The third kappa shape index (κ3) is 5.74. The highest BCUT2D eigenvalue weighted by atomic mass is 16.3. The third-order valence-corrected chi connectivity index (χ3v) is 12.2. The summed E-state index contributed by atoms with van der Waals surface area (Å²) in [6, 6.07) is 83.1. The predicted molar refractivity (Wildman–Crippen MR) is 257 cm³/mol. The lowest BCUT2D eigenvalue weighted by atomic mass is 9.96. The topological polar surface area (TPSA) is 21.3 Å². The molecule has 0 saturated carbocycles. The molecule has 2 aromatic heterocycles. The Bertz CT molecular complexity index is 3570. The fraction of sp³-hybridized carbons (Fsp3) is 0. The molecule has 0 spiro atoms. The number of hydrogen-bond acceptors (Lipinski definition) is 2. The Balaban J connectivity index is 1.21. The smallest absolute Gasteiger partial charge is 0.136 e.